The molecule has 3 heteroatoms. The van der Waals surface area contributed by atoms with Gasteiger partial charge in [-0.2, -0.15) is 0 Å². The van der Waals surface area contributed by atoms with Crippen molar-refractivity contribution in [3.8, 4) is 50.2 Å². The predicted octanol–water partition coefficient (Wildman–Crippen LogP) is 13.6. The summed E-state index contributed by atoms with van der Waals surface area (Å²) < 4.78 is 14.9. The SMILES string of the molecule is c1ccc2c(c1)-c1cc(-c3ccc4oc5ccccc5c4c3)ccc1-n1c3ccccc3c3cc(-c4ccc5oc6ccccc6c5c4)cc-2c31. The Morgan fingerprint density at radius 2 is 0.804 bits per heavy atom. The summed E-state index contributed by atoms with van der Waals surface area (Å²) in [6, 6.07) is 59.2. The second-order valence-electron chi connectivity index (χ2n) is 13.7. The fourth-order valence-corrected chi connectivity index (χ4v) is 8.61. The smallest absolute Gasteiger partial charge is 0.135 e. The molecule has 0 unspecified atom stereocenters. The number of hydrogen-bond acceptors (Lipinski definition) is 2. The molecule has 0 amide bonds. The minimum absolute atomic E-state index is 0.910. The molecule has 8 aromatic carbocycles. The lowest BCUT2D eigenvalue weighted by Crippen LogP contribution is -1.96. The van der Waals surface area contributed by atoms with E-state index in [9.17, 15) is 0 Å². The van der Waals surface area contributed by atoms with Gasteiger partial charge in [-0.05, 0) is 100 Å². The van der Waals surface area contributed by atoms with Crippen LogP contribution in [0.4, 0.5) is 0 Å². The van der Waals surface area contributed by atoms with Gasteiger partial charge in [0.1, 0.15) is 22.3 Å². The molecule has 4 heterocycles. The Morgan fingerprint density at radius 3 is 1.51 bits per heavy atom. The third kappa shape index (κ3) is 3.72. The summed E-state index contributed by atoms with van der Waals surface area (Å²) in [6.07, 6.45) is 0. The third-order valence-electron chi connectivity index (χ3n) is 10.9. The molecule has 0 spiro atoms. The van der Waals surface area contributed by atoms with Gasteiger partial charge in [-0.15, -0.1) is 0 Å². The van der Waals surface area contributed by atoms with E-state index in [0.717, 1.165) is 43.9 Å². The Bertz CT molecular complexity index is 3260. The second kappa shape index (κ2) is 9.87. The van der Waals surface area contributed by atoms with E-state index in [1.54, 1.807) is 0 Å². The summed E-state index contributed by atoms with van der Waals surface area (Å²) >= 11 is 0. The minimum atomic E-state index is 0.910. The molecule has 0 bridgehead atoms. The summed E-state index contributed by atoms with van der Waals surface area (Å²) in [7, 11) is 0. The predicted molar refractivity (Wildman–Crippen MR) is 211 cm³/mol. The number of fused-ring (bicyclic) bond motifs is 14. The first kappa shape index (κ1) is 27.0. The average Bonchev–Trinajstić information content (AvgIpc) is 3.84. The third-order valence-corrected chi connectivity index (χ3v) is 10.9. The second-order valence-corrected chi connectivity index (χ2v) is 13.7. The van der Waals surface area contributed by atoms with Gasteiger partial charge < -0.3 is 13.4 Å². The van der Waals surface area contributed by atoms with Crippen LogP contribution in [0.15, 0.2) is 173 Å². The van der Waals surface area contributed by atoms with E-state index in [4.69, 9.17) is 8.83 Å². The molecule has 236 valence electrons. The van der Waals surface area contributed by atoms with Crippen molar-refractivity contribution >= 4 is 65.7 Å². The van der Waals surface area contributed by atoms with Crippen molar-refractivity contribution in [2.45, 2.75) is 0 Å². The maximum atomic E-state index is 6.20. The van der Waals surface area contributed by atoms with Gasteiger partial charge in [0.05, 0.1) is 16.7 Å². The molecule has 51 heavy (non-hydrogen) atoms. The van der Waals surface area contributed by atoms with E-state index in [0.29, 0.717) is 0 Å². The van der Waals surface area contributed by atoms with Gasteiger partial charge in [-0.3, -0.25) is 0 Å². The zero-order valence-electron chi connectivity index (χ0n) is 27.4. The van der Waals surface area contributed by atoms with Crippen LogP contribution in [0, 0.1) is 0 Å². The summed E-state index contributed by atoms with van der Waals surface area (Å²) in [5.41, 5.74) is 16.9. The van der Waals surface area contributed by atoms with Crippen LogP contribution in [0.3, 0.4) is 0 Å². The van der Waals surface area contributed by atoms with Gasteiger partial charge in [0.15, 0.2) is 0 Å². The van der Waals surface area contributed by atoms with Crippen LogP contribution in [0.2, 0.25) is 0 Å². The number of nitrogens with zero attached hydrogens (tertiary/aromatic N) is 1. The topological polar surface area (TPSA) is 31.2 Å². The van der Waals surface area contributed by atoms with E-state index < -0.39 is 0 Å². The highest BCUT2D eigenvalue weighted by atomic mass is 16.3. The molecule has 0 N–H and O–H groups in total. The Hall–Kier alpha value is -6.84. The molecule has 0 saturated carbocycles. The zero-order valence-corrected chi connectivity index (χ0v) is 27.4. The highest BCUT2D eigenvalue weighted by Crippen LogP contribution is 2.49. The Kier molecular flexibility index (Phi) is 5.23. The summed E-state index contributed by atoms with van der Waals surface area (Å²) in [6.45, 7) is 0. The van der Waals surface area contributed by atoms with E-state index in [1.165, 1.54) is 72.0 Å². The lowest BCUT2D eigenvalue weighted by molar-refractivity contribution is 0.668. The molecule has 1 aliphatic rings. The van der Waals surface area contributed by atoms with Crippen LogP contribution >= 0.6 is 0 Å². The summed E-state index contributed by atoms with van der Waals surface area (Å²) in [4.78, 5) is 0. The van der Waals surface area contributed by atoms with E-state index in [-0.39, 0.29) is 0 Å². The number of aromatic nitrogens is 1. The van der Waals surface area contributed by atoms with Crippen LogP contribution in [-0.4, -0.2) is 4.57 Å². The molecule has 0 fully saturated rings. The van der Waals surface area contributed by atoms with Crippen LogP contribution in [0.25, 0.3) is 116 Å². The minimum Gasteiger partial charge on any atom is -0.456 e. The molecule has 3 aromatic heterocycles. The lowest BCUT2D eigenvalue weighted by atomic mass is 9.90. The first-order chi connectivity index (χ1) is 25.3. The molecular formula is C48H27NO2. The normalized spacial score (nSPS) is 12.3. The van der Waals surface area contributed by atoms with E-state index in [1.807, 2.05) is 24.3 Å². The number of rotatable bonds is 2. The Morgan fingerprint density at radius 1 is 0.314 bits per heavy atom. The quantitative estimate of drug-likeness (QED) is 0.187. The number of benzene rings is 8. The molecule has 0 atom stereocenters. The maximum absolute atomic E-state index is 6.20. The van der Waals surface area contributed by atoms with Crippen molar-refractivity contribution in [2.24, 2.45) is 0 Å². The van der Waals surface area contributed by atoms with Crippen molar-refractivity contribution in [3.05, 3.63) is 164 Å². The van der Waals surface area contributed by atoms with Crippen molar-refractivity contribution in [3.63, 3.8) is 0 Å². The molecular weight excluding hydrogens is 623 g/mol. The van der Waals surface area contributed by atoms with Gasteiger partial charge in [-0.25, -0.2) is 0 Å². The largest absolute Gasteiger partial charge is 0.456 e. The molecule has 0 radical (unpaired) electrons. The van der Waals surface area contributed by atoms with Crippen LogP contribution in [0.1, 0.15) is 0 Å². The number of hydrogen-bond donors (Lipinski definition) is 0. The zero-order chi connectivity index (χ0) is 33.2. The molecule has 0 saturated heterocycles. The van der Waals surface area contributed by atoms with Gasteiger partial charge in [0.2, 0.25) is 0 Å². The average molecular weight is 650 g/mol. The van der Waals surface area contributed by atoms with Gasteiger partial charge in [0, 0.05) is 43.4 Å². The van der Waals surface area contributed by atoms with Crippen molar-refractivity contribution < 1.29 is 8.83 Å². The van der Waals surface area contributed by atoms with Crippen LogP contribution in [-0.2, 0) is 0 Å². The molecule has 0 aliphatic carbocycles. The van der Waals surface area contributed by atoms with Gasteiger partial charge in [-0.1, -0.05) is 97.1 Å². The lowest BCUT2D eigenvalue weighted by Gasteiger charge is -2.15. The van der Waals surface area contributed by atoms with Gasteiger partial charge >= 0.3 is 0 Å². The van der Waals surface area contributed by atoms with E-state index >= 15 is 0 Å². The molecule has 3 nitrogen and oxygen atoms in total. The van der Waals surface area contributed by atoms with Crippen molar-refractivity contribution in [1.82, 2.24) is 4.57 Å². The number of furan rings is 2. The highest BCUT2D eigenvalue weighted by Gasteiger charge is 2.26. The molecule has 12 rings (SSSR count). The van der Waals surface area contributed by atoms with Crippen molar-refractivity contribution in [1.29, 1.82) is 0 Å². The number of para-hydroxylation sites is 3. The molecule has 1 aliphatic heterocycles. The summed E-state index contributed by atoms with van der Waals surface area (Å²) in [5.74, 6) is 0. The monoisotopic (exact) mass is 649 g/mol. The Labute approximate surface area is 292 Å². The first-order valence-corrected chi connectivity index (χ1v) is 17.4. The standard InChI is InChI=1S/C48H27NO2/c1-2-10-33-32(9-1)37-23-28(29-18-21-46-38(24-29)35-12-4-7-15-44(35)50-46)17-20-43(37)49-42-14-6-3-11-34(42)41-27-31(26-40(33)48(41)49)30-19-22-47-39(25-30)36-13-5-8-16-45(36)51-47/h1-27H. The van der Waals surface area contributed by atoms with Gasteiger partial charge in [0.25, 0.3) is 0 Å². The Balaban J connectivity index is 1.12. The fourth-order valence-electron chi connectivity index (χ4n) is 8.61. The summed E-state index contributed by atoms with van der Waals surface area (Å²) in [5, 5.41) is 7.05. The van der Waals surface area contributed by atoms with Crippen molar-refractivity contribution in [2.75, 3.05) is 0 Å². The molecule has 11 aromatic rings. The first-order valence-electron chi connectivity index (χ1n) is 17.4. The highest BCUT2D eigenvalue weighted by molar-refractivity contribution is 6.18. The fraction of sp³-hybridized carbons (Fsp3) is 0. The van der Waals surface area contributed by atoms with E-state index in [2.05, 4.69) is 144 Å². The van der Waals surface area contributed by atoms with Crippen LogP contribution in [0.5, 0.6) is 0 Å². The van der Waals surface area contributed by atoms with Crippen LogP contribution < -0.4 is 0 Å². The maximum Gasteiger partial charge on any atom is 0.135 e.